The third-order valence-electron chi connectivity index (χ3n) is 4.33. The third-order valence-corrected chi connectivity index (χ3v) is 5.53. The van der Waals surface area contributed by atoms with Gasteiger partial charge in [0.1, 0.15) is 6.04 Å². The Kier molecular flexibility index (Phi) is 8.43. The Morgan fingerprint density at radius 3 is 2.41 bits per heavy atom. The van der Waals surface area contributed by atoms with Gasteiger partial charge in [-0.2, -0.15) is 4.89 Å². The standard InChI is InChI=1S/C14H27N2O5P/c1-9(17)13(15)14(19)16-8-11(18)7-12(22(20)21)10-5-3-2-4-6-10/h9-13,17-18H,2-8,15H2,1H3,(H-,16,19,20,21)/p+1/t9?,11-,12?,13?/m1/s1. The average Bonchev–Trinajstić information content (AvgIpc) is 2.49. The molecule has 1 amide bonds. The Balaban J connectivity index is 2.45. The fourth-order valence-electron chi connectivity index (χ4n) is 2.90. The fraction of sp³-hybridized carbons (Fsp3) is 0.929. The summed E-state index contributed by atoms with van der Waals surface area (Å²) in [6, 6.07) is -1.05. The van der Waals surface area contributed by atoms with Crippen molar-refractivity contribution in [3.8, 4) is 0 Å². The number of nitrogens with two attached hydrogens (primary N) is 1. The minimum atomic E-state index is -2.36. The SMILES string of the molecule is CC(O)C(N)C(=O)NC[C@H](O)CC(C1CCCCC1)[P+](=O)O. The zero-order valence-corrected chi connectivity index (χ0v) is 13.9. The topological polar surface area (TPSA) is 133 Å². The zero-order chi connectivity index (χ0) is 16.7. The van der Waals surface area contributed by atoms with Gasteiger partial charge < -0.3 is 21.3 Å². The predicted molar refractivity (Wildman–Crippen MR) is 83.5 cm³/mol. The maximum Gasteiger partial charge on any atom is 0.509 e. The van der Waals surface area contributed by atoms with Gasteiger partial charge in [0.2, 0.25) is 5.91 Å². The molecule has 1 rings (SSSR count). The number of carbonyl (C=O) groups is 1. The Morgan fingerprint density at radius 2 is 1.91 bits per heavy atom. The van der Waals surface area contributed by atoms with Crippen molar-refractivity contribution < 1.29 is 24.5 Å². The quantitative estimate of drug-likeness (QED) is 0.404. The molecule has 5 atom stereocenters. The molecule has 0 saturated heterocycles. The van der Waals surface area contributed by atoms with Gasteiger partial charge in [-0.1, -0.05) is 19.3 Å². The number of hydrogen-bond donors (Lipinski definition) is 5. The van der Waals surface area contributed by atoms with Gasteiger partial charge in [-0.05, 0) is 24.3 Å². The van der Waals surface area contributed by atoms with Gasteiger partial charge in [-0.25, -0.2) is 0 Å². The average molecular weight is 335 g/mol. The molecule has 1 fully saturated rings. The van der Waals surface area contributed by atoms with Crippen LogP contribution in [0.2, 0.25) is 0 Å². The van der Waals surface area contributed by atoms with Gasteiger partial charge in [0, 0.05) is 18.9 Å². The van der Waals surface area contributed by atoms with Crippen LogP contribution in [0.3, 0.4) is 0 Å². The van der Waals surface area contributed by atoms with E-state index in [4.69, 9.17) is 5.73 Å². The summed E-state index contributed by atoms with van der Waals surface area (Å²) in [7, 11) is -2.36. The molecule has 4 unspecified atom stereocenters. The van der Waals surface area contributed by atoms with E-state index in [1.807, 2.05) is 0 Å². The molecule has 0 heterocycles. The molecule has 22 heavy (non-hydrogen) atoms. The summed E-state index contributed by atoms with van der Waals surface area (Å²) in [5.41, 5.74) is 5.04. The molecule has 0 aromatic carbocycles. The molecule has 6 N–H and O–H groups in total. The van der Waals surface area contributed by atoms with E-state index in [1.54, 1.807) is 0 Å². The first-order chi connectivity index (χ1) is 10.3. The lowest BCUT2D eigenvalue weighted by Gasteiger charge is -2.24. The molecule has 7 nitrogen and oxygen atoms in total. The number of nitrogens with one attached hydrogen (secondary N) is 1. The van der Waals surface area contributed by atoms with Crippen LogP contribution in [0.5, 0.6) is 0 Å². The molecular weight excluding hydrogens is 307 g/mol. The van der Waals surface area contributed by atoms with Crippen LogP contribution in [0.1, 0.15) is 45.4 Å². The van der Waals surface area contributed by atoms with Gasteiger partial charge >= 0.3 is 8.03 Å². The number of rotatable bonds is 8. The molecular formula is C14H28N2O5P+. The summed E-state index contributed by atoms with van der Waals surface area (Å²) in [4.78, 5) is 21.1. The van der Waals surface area contributed by atoms with Crippen LogP contribution in [0.4, 0.5) is 0 Å². The van der Waals surface area contributed by atoms with Gasteiger partial charge in [0.25, 0.3) is 0 Å². The first-order valence-corrected chi connectivity index (χ1v) is 9.15. The second-order valence-electron chi connectivity index (χ2n) is 6.17. The molecule has 0 aromatic rings. The monoisotopic (exact) mass is 335 g/mol. The highest BCUT2D eigenvalue weighted by Crippen LogP contribution is 2.40. The van der Waals surface area contributed by atoms with Crippen molar-refractivity contribution in [2.75, 3.05) is 6.54 Å². The van der Waals surface area contributed by atoms with Crippen LogP contribution in [0.25, 0.3) is 0 Å². The van der Waals surface area contributed by atoms with Crippen LogP contribution in [-0.4, -0.2) is 51.5 Å². The van der Waals surface area contributed by atoms with E-state index in [9.17, 15) is 24.5 Å². The van der Waals surface area contributed by atoms with E-state index in [1.165, 1.54) is 6.92 Å². The lowest BCUT2D eigenvalue weighted by atomic mass is 9.85. The van der Waals surface area contributed by atoms with Crippen LogP contribution in [0, 0.1) is 5.92 Å². The summed E-state index contributed by atoms with van der Waals surface area (Å²) in [5, 5.41) is 21.7. The van der Waals surface area contributed by atoms with Crippen molar-refractivity contribution in [1.82, 2.24) is 5.32 Å². The normalized spacial score (nSPS) is 22.5. The first kappa shape index (κ1) is 19.5. The fourth-order valence-corrected chi connectivity index (χ4v) is 3.98. The number of aliphatic hydroxyl groups excluding tert-OH is 2. The molecule has 1 aliphatic carbocycles. The summed E-state index contributed by atoms with van der Waals surface area (Å²) < 4.78 is 11.6. The van der Waals surface area contributed by atoms with E-state index in [2.05, 4.69) is 5.32 Å². The van der Waals surface area contributed by atoms with Gasteiger partial charge in [-0.3, -0.25) is 4.79 Å². The Labute approximate surface area is 132 Å². The summed E-state index contributed by atoms with van der Waals surface area (Å²) in [6.07, 6.45) is 3.40. The van der Waals surface area contributed by atoms with E-state index < -0.39 is 37.8 Å². The highest BCUT2D eigenvalue weighted by molar-refractivity contribution is 7.38. The molecule has 0 radical (unpaired) electrons. The third kappa shape index (κ3) is 6.26. The van der Waals surface area contributed by atoms with Crippen molar-refractivity contribution in [2.24, 2.45) is 11.7 Å². The number of amides is 1. The van der Waals surface area contributed by atoms with Gasteiger partial charge in [0.05, 0.1) is 12.2 Å². The molecule has 0 spiro atoms. The van der Waals surface area contributed by atoms with Crippen molar-refractivity contribution >= 4 is 13.9 Å². The lowest BCUT2D eigenvalue weighted by Crippen LogP contribution is -2.49. The zero-order valence-electron chi connectivity index (χ0n) is 13.0. The predicted octanol–water partition coefficient (Wildman–Crippen LogP) is 0.245. The number of hydrogen-bond acceptors (Lipinski definition) is 5. The largest absolute Gasteiger partial charge is 0.509 e. The van der Waals surface area contributed by atoms with Crippen LogP contribution in [-0.2, 0) is 9.36 Å². The second-order valence-corrected chi connectivity index (χ2v) is 7.44. The van der Waals surface area contributed by atoms with E-state index in [-0.39, 0.29) is 18.9 Å². The highest BCUT2D eigenvalue weighted by Gasteiger charge is 2.39. The van der Waals surface area contributed by atoms with E-state index in [0.29, 0.717) is 0 Å². The van der Waals surface area contributed by atoms with E-state index in [0.717, 1.165) is 32.1 Å². The van der Waals surface area contributed by atoms with Gasteiger partial charge in [0.15, 0.2) is 5.66 Å². The second kappa shape index (κ2) is 9.53. The molecule has 0 bridgehead atoms. The lowest BCUT2D eigenvalue weighted by molar-refractivity contribution is -0.124. The molecule has 0 aromatic heterocycles. The van der Waals surface area contributed by atoms with Crippen LogP contribution in [0.15, 0.2) is 0 Å². The Morgan fingerprint density at radius 1 is 1.32 bits per heavy atom. The molecule has 0 aliphatic heterocycles. The van der Waals surface area contributed by atoms with Crippen LogP contribution >= 0.6 is 8.03 Å². The minimum Gasteiger partial charge on any atom is -0.391 e. The smallest absolute Gasteiger partial charge is 0.391 e. The maximum absolute atomic E-state index is 11.6. The van der Waals surface area contributed by atoms with Crippen molar-refractivity contribution in [3.05, 3.63) is 0 Å². The summed E-state index contributed by atoms with van der Waals surface area (Å²) in [6.45, 7) is 1.38. The molecule has 8 heteroatoms. The van der Waals surface area contributed by atoms with Crippen molar-refractivity contribution in [3.63, 3.8) is 0 Å². The maximum atomic E-state index is 11.6. The minimum absolute atomic E-state index is 0.0361. The van der Waals surface area contributed by atoms with Crippen LogP contribution < -0.4 is 11.1 Å². The number of aliphatic hydroxyl groups is 2. The highest BCUT2D eigenvalue weighted by atomic mass is 31.1. The number of carbonyl (C=O) groups excluding carboxylic acids is 1. The van der Waals surface area contributed by atoms with Crippen molar-refractivity contribution in [2.45, 2.75) is 69.4 Å². The first-order valence-electron chi connectivity index (χ1n) is 7.87. The summed E-state index contributed by atoms with van der Waals surface area (Å²) >= 11 is 0. The molecule has 1 aliphatic rings. The summed E-state index contributed by atoms with van der Waals surface area (Å²) in [5.74, 6) is -0.385. The van der Waals surface area contributed by atoms with Gasteiger partial charge in [-0.15, -0.1) is 0 Å². The van der Waals surface area contributed by atoms with E-state index >= 15 is 0 Å². The molecule has 1 saturated carbocycles. The molecule has 128 valence electrons. The Bertz CT molecular complexity index is 374. The Hall–Kier alpha value is -0.590. The van der Waals surface area contributed by atoms with Crippen molar-refractivity contribution in [1.29, 1.82) is 0 Å².